The molecule has 0 aliphatic heterocycles. The molecule has 86 valence electrons. The Bertz CT molecular complexity index is 272. The van der Waals surface area contributed by atoms with Gasteiger partial charge in [-0.25, -0.2) is 0 Å². The van der Waals surface area contributed by atoms with Gasteiger partial charge >= 0.3 is 0 Å². The molecule has 0 aliphatic rings. The summed E-state index contributed by atoms with van der Waals surface area (Å²) >= 11 is 1.78. The van der Waals surface area contributed by atoms with Gasteiger partial charge in [0.25, 0.3) is 0 Å². The van der Waals surface area contributed by atoms with Crippen LogP contribution in [0.4, 0.5) is 0 Å². The van der Waals surface area contributed by atoms with Crippen molar-refractivity contribution in [2.45, 2.75) is 38.6 Å². The molecule has 1 atom stereocenters. The summed E-state index contributed by atoms with van der Waals surface area (Å²) in [4.78, 5) is 1.33. The fourth-order valence-electron chi connectivity index (χ4n) is 1.74. The van der Waals surface area contributed by atoms with E-state index in [2.05, 4.69) is 17.6 Å². The Balaban J connectivity index is 2.57. The molecule has 1 aromatic heterocycles. The van der Waals surface area contributed by atoms with E-state index in [-0.39, 0.29) is 0 Å². The van der Waals surface area contributed by atoms with Gasteiger partial charge < -0.3 is 10.1 Å². The van der Waals surface area contributed by atoms with E-state index in [1.54, 1.807) is 18.4 Å². The van der Waals surface area contributed by atoms with Gasteiger partial charge in [0.15, 0.2) is 0 Å². The van der Waals surface area contributed by atoms with Gasteiger partial charge in [-0.15, -0.1) is 11.3 Å². The van der Waals surface area contributed by atoms with Crippen LogP contribution in [0.3, 0.4) is 0 Å². The van der Waals surface area contributed by atoms with Crippen molar-refractivity contribution < 1.29 is 4.74 Å². The lowest BCUT2D eigenvalue weighted by Crippen LogP contribution is -2.15. The van der Waals surface area contributed by atoms with Crippen molar-refractivity contribution in [3.63, 3.8) is 0 Å². The molecule has 15 heavy (non-hydrogen) atoms. The molecule has 0 aromatic carbocycles. The minimum atomic E-state index is 0.450. The van der Waals surface area contributed by atoms with E-state index in [1.807, 2.05) is 13.1 Å². The maximum atomic E-state index is 5.34. The third-order valence-electron chi connectivity index (χ3n) is 2.64. The van der Waals surface area contributed by atoms with Crippen LogP contribution in [0.25, 0.3) is 0 Å². The van der Waals surface area contributed by atoms with Crippen LogP contribution in [0.2, 0.25) is 0 Å². The molecule has 0 spiro atoms. The third kappa shape index (κ3) is 3.50. The predicted octanol–water partition coefficient (Wildman–Crippen LogP) is 3.60. The molecule has 0 radical (unpaired) electrons. The lowest BCUT2D eigenvalue weighted by atomic mass is 10.1. The molecule has 0 amide bonds. The SMILES string of the molecule is CCCCCC(NC)c1sccc1OC. The fourth-order valence-corrected chi connectivity index (χ4v) is 2.74. The Hall–Kier alpha value is -0.540. The largest absolute Gasteiger partial charge is 0.496 e. The van der Waals surface area contributed by atoms with Gasteiger partial charge in [0.05, 0.1) is 12.0 Å². The van der Waals surface area contributed by atoms with Crippen LogP contribution < -0.4 is 10.1 Å². The summed E-state index contributed by atoms with van der Waals surface area (Å²) in [6, 6.07) is 2.50. The van der Waals surface area contributed by atoms with Crippen molar-refractivity contribution >= 4 is 11.3 Å². The molecule has 0 saturated heterocycles. The zero-order valence-electron chi connectivity index (χ0n) is 9.88. The Morgan fingerprint density at radius 1 is 1.47 bits per heavy atom. The van der Waals surface area contributed by atoms with E-state index in [9.17, 15) is 0 Å². The highest BCUT2D eigenvalue weighted by molar-refractivity contribution is 7.10. The highest BCUT2D eigenvalue weighted by Gasteiger charge is 2.14. The maximum Gasteiger partial charge on any atom is 0.134 e. The topological polar surface area (TPSA) is 21.3 Å². The van der Waals surface area contributed by atoms with Gasteiger partial charge in [0, 0.05) is 6.04 Å². The van der Waals surface area contributed by atoms with Crippen LogP contribution in [0.5, 0.6) is 5.75 Å². The minimum absolute atomic E-state index is 0.450. The van der Waals surface area contributed by atoms with Gasteiger partial charge in [0.1, 0.15) is 5.75 Å². The van der Waals surface area contributed by atoms with Crippen LogP contribution in [0, 0.1) is 0 Å². The molecule has 2 nitrogen and oxygen atoms in total. The van der Waals surface area contributed by atoms with Crippen LogP contribution >= 0.6 is 11.3 Å². The number of nitrogens with one attached hydrogen (secondary N) is 1. The molecule has 0 aliphatic carbocycles. The molecule has 0 bridgehead atoms. The first kappa shape index (κ1) is 12.5. The van der Waals surface area contributed by atoms with Crippen LogP contribution in [0.15, 0.2) is 11.4 Å². The molecule has 3 heteroatoms. The second-order valence-corrected chi connectivity index (χ2v) is 4.64. The Labute approximate surface area is 96.7 Å². The predicted molar refractivity (Wildman–Crippen MR) is 66.8 cm³/mol. The smallest absolute Gasteiger partial charge is 0.134 e. The van der Waals surface area contributed by atoms with Crippen molar-refractivity contribution in [1.29, 1.82) is 0 Å². The van der Waals surface area contributed by atoms with E-state index < -0.39 is 0 Å². The van der Waals surface area contributed by atoms with Gasteiger partial charge in [0.2, 0.25) is 0 Å². The maximum absolute atomic E-state index is 5.34. The number of hydrogen-bond donors (Lipinski definition) is 1. The summed E-state index contributed by atoms with van der Waals surface area (Å²) in [5.74, 6) is 1.02. The number of ether oxygens (including phenoxy) is 1. The lowest BCUT2D eigenvalue weighted by molar-refractivity contribution is 0.401. The number of unbranched alkanes of at least 4 members (excludes halogenated alkanes) is 2. The Kier molecular flexibility index (Phi) is 5.73. The fraction of sp³-hybridized carbons (Fsp3) is 0.667. The number of hydrogen-bond acceptors (Lipinski definition) is 3. The number of methoxy groups -OCH3 is 1. The normalized spacial score (nSPS) is 12.7. The summed E-state index contributed by atoms with van der Waals surface area (Å²) in [5, 5.41) is 5.46. The highest BCUT2D eigenvalue weighted by atomic mass is 32.1. The molecular weight excluding hydrogens is 206 g/mol. The van der Waals surface area contributed by atoms with E-state index >= 15 is 0 Å². The zero-order chi connectivity index (χ0) is 11.1. The quantitative estimate of drug-likeness (QED) is 0.719. The third-order valence-corrected chi connectivity index (χ3v) is 3.65. The Morgan fingerprint density at radius 3 is 2.87 bits per heavy atom. The average molecular weight is 227 g/mol. The van der Waals surface area contributed by atoms with Gasteiger partial charge in [-0.05, 0) is 24.9 Å². The van der Waals surface area contributed by atoms with Crippen molar-refractivity contribution in [3.05, 3.63) is 16.3 Å². The summed E-state index contributed by atoms with van der Waals surface area (Å²) in [6.07, 6.45) is 5.06. The first-order valence-corrected chi connectivity index (χ1v) is 6.50. The summed E-state index contributed by atoms with van der Waals surface area (Å²) in [6.45, 7) is 2.24. The second kappa shape index (κ2) is 6.85. The van der Waals surface area contributed by atoms with Crippen molar-refractivity contribution in [1.82, 2.24) is 5.32 Å². The van der Waals surface area contributed by atoms with Gasteiger partial charge in [-0.3, -0.25) is 0 Å². The summed E-state index contributed by atoms with van der Waals surface area (Å²) in [5.41, 5.74) is 0. The molecule has 1 unspecified atom stereocenters. The van der Waals surface area contributed by atoms with Crippen LogP contribution in [-0.2, 0) is 0 Å². The molecule has 1 heterocycles. The molecular formula is C12H21NOS. The lowest BCUT2D eigenvalue weighted by Gasteiger charge is -2.15. The molecule has 0 fully saturated rings. The zero-order valence-corrected chi connectivity index (χ0v) is 10.7. The molecule has 1 rings (SSSR count). The first-order chi connectivity index (χ1) is 7.33. The number of thiophene rings is 1. The van der Waals surface area contributed by atoms with Gasteiger partial charge in [-0.1, -0.05) is 26.2 Å². The van der Waals surface area contributed by atoms with Crippen LogP contribution in [0.1, 0.15) is 43.5 Å². The van der Waals surface area contributed by atoms with E-state index in [0.29, 0.717) is 6.04 Å². The molecule has 1 N–H and O–H groups in total. The average Bonchev–Trinajstić information content (AvgIpc) is 2.72. The minimum Gasteiger partial charge on any atom is -0.496 e. The Morgan fingerprint density at radius 2 is 2.27 bits per heavy atom. The highest BCUT2D eigenvalue weighted by Crippen LogP contribution is 2.33. The molecule has 0 saturated carbocycles. The van der Waals surface area contributed by atoms with E-state index in [0.717, 1.165) is 5.75 Å². The van der Waals surface area contributed by atoms with Crippen molar-refractivity contribution in [2.24, 2.45) is 0 Å². The second-order valence-electron chi connectivity index (χ2n) is 3.69. The van der Waals surface area contributed by atoms with Crippen molar-refractivity contribution in [2.75, 3.05) is 14.2 Å². The summed E-state index contributed by atoms with van der Waals surface area (Å²) in [7, 11) is 3.76. The van der Waals surface area contributed by atoms with E-state index in [1.165, 1.54) is 30.6 Å². The number of rotatable bonds is 7. The molecule has 1 aromatic rings. The van der Waals surface area contributed by atoms with E-state index in [4.69, 9.17) is 4.74 Å². The van der Waals surface area contributed by atoms with Gasteiger partial charge in [-0.2, -0.15) is 0 Å². The monoisotopic (exact) mass is 227 g/mol. The first-order valence-electron chi connectivity index (χ1n) is 5.62. The van der Waals surface area contributed by atoms with Crippen LogP contribution in [-0.4, -0.2) is 14.2 Å². The summed E-state index contributed by atoms with van der Waals surface area (Å²) < 4.78 is 5.34. The van der Waals surface area contributed by atoms with Crippen molar-refractivity contribution in [3.8, 4) is 5.75 Å². The standard InChI is InChI=1S/C12H21NOS/c1-4-5-6-7-10(13-2)12-11(14-3)8-9-15-12/h8-10,13H,4-7H2,1-3H3.